The van der Waals surface area contributed by atoms with E-state index in [2.05, 4.69) is 9.98 Å². The lowest BCUT2D eigenvalue weighted by molar-refractivity contribution is -0.144. The van der Waals surface area contributed by atoms with E-state index in [4.69, 9.17) is 4.74 Å². The number of aliphatic hydroxyl groups is 1. The molecule has 9 heteroatoms. The van der Waals surface area contributed by atoms with Crippen LogP contribution in [0.25, 0.3) is 0 Å². The standard InChI is InChI=1S/C19H17F2IN2O4/c1-2-28-19(27)13(9-23-10-16(25)15-5-3-4-6-24-15)18(26)12-7-11(22)8-14(20)17(12)21/h3-9,13,16,25H,2,10H2,1H3. The number of pyridine rings is 1. The molecule has 2 unspecified atom stereocenters. The molecule has 2 aromatic rings. The lowest BCUT2D eigenvalue weighted by atomic mass is 9.98. The van der Waals surface area contributed by atoms with Gasteiger partial charge in [0.1, 0.15) is 6.10 Å². The summed E-state index contributed by atoms with van der Waals surface area (Å²) in [6.45, 7) is 1.37. The van der Waals surface area contributed by atoms with E-state index < -0.39 is 41.0 Å². The Balaban J connectivity index is 2.25. The number of Topliss-reactive ketones (excluding diaryl/α,β-unsaturated/α-hetero) is 1. The number of aliphatic imine (C=N–C) groups is 1. The van der Waals surface area contributed by atoms with Gasteiger partial charge < -0.3 is 9.84 Å². The number of carbonyl (C=O) groups excluding carboxylic acids is 2. The van der Waals surface area contributed by atoms with E-state index in [1.807, 2.05) is 0 Å². The van der Waals surface area contributed by atoms with Gasteiger partial charge in [-0.15, -0.1) is 0 Å². The van der Waals surface area contributed by atoms with Crippen molar-refractivity contribution in [2.24, 2.45) is 10.9 Å². The van der Waals surface area contributed by atoms with Crippen molar-refractivity contribution in [3.05, 3.63) is 63.0 Å². The number of nitrogens with zero attached hydrogens (tertiary/aromatic N) is 2. The molecule has 0 bridgehead atoms. The van der Waals surface area contributed by atoms with Crippen LogP contribution in [-0.2, 0) is 9.53 Å². The second kappa shape index (κ2) is 10.3. The van der Waals surface area contributed by atoms with Crippen molar-refractivity contribution in [3.8, 4) is 0 Å². The van der Waals surface area contributed by atoms with E-state index in [0.717, 1.165) is 18.3 Å². The number of ketones is 1. The summed E-state index contributed by atoms with van der Waals surface area (Å²) in [6.07, 6.45) is 1.42. The largest absolute Gasteiger partial charge is 0.465 e. The minimum atomic E-state index is -1.57. The minimum absolute atomic E-state index is 0.00379. The van der Waals surface area contributed by atoms with Crippen molar-refractivity contribution in [1.82, 2.24) is 4.98 Å². The molecule has 0 aliphatic rings. The number of halogens is 3. The zero-order valence-corrected chi connectivity index (χ0v) is 17.0. The van der Waals surface area contributed by atoms with Gasteiger partial charge in [-0.1, -0.05) is 6.07 Å². The Labute approximate surface area is 173 Å². The molecule has 2 atom stereocenters. The van der Waals surface area contributed by atoms with Crippen LogP contribution in [0, 0.1) is 21.1 Å². The SMILES string of the molecule is CCOC(=O)C(C=NCC(O)c1ccccn1)C(=O)c1cc(I)cc(F)c1F. The number of ether oxygens (including phenoxy) is 1. The number of hydrogen-bond acceptors (Lipinski definition) is 6. The Morgan fingerprint density at radius 3 is 2.75 bits per heavy atom. The summed E-state index contributed by atoms with van der Waals surface area (Å²) in [6, 6.07) is 7.05. The zero-order valence-electron chi connectivity index (χ0n) is 14.8. The maximum Gasteiger partial charge on any atom is 0.322 e. The van der Waals surface area contributed by atoms with Crippen LogP contribution < -0.4 is 0 Å². The smallest absolute Gasteiger partial charge is 0.322 e. The summed E-state index contributed by atoms with van der Waals surface area (Å²) in [4.78, 5) is 32.7. The fraction of sp³-hybridized carbons (Fsp3) is 0.263. The van der Waals surface area contributed by atoms with Crippen LogP contribution in [0.1, 0.15) is 29.1 Å². The molecule has 0 aliphatic heterocycles. The molecule has 1 heterocycles. The fourth-order valence-electron chi connectivity index (χ4n) is 2.30. The molecule has 148 valence electrons. The lowest BCUT2D eigenvalue weighted by Gasteiger charge is -2.12. The van der Waals surface area contributed by atoms with Gasteiger partial charge in [0.05, 0.1) is 24.4 Å². The molecule has 0 radical (unpaired) electrons. The number of rotatable bonds is 8. The Bertz CT molecular complexity index is 878. The Morgan fingerprint density at radius 1 is 1.36 bits per heavy atom. The van der Waals surface area contributed by atoms with E-state index in [1.54, 1.807) is 47.7 Å². The van der Waals surface area contributed by atoms with Gasteiger partial charge >= 0.3 is 5.97 Å². The summed E-state index contributed by atoms with van der Waals surface area (Å²) >= 11 is 1.73. The van der Waals surface area contributed by atoms with Crippen LogP contribution in [0.5, 0.6) is 0 Å². The first-order chi connectivity index (χ1) is 13.3. The van der Waals surface area contributed by atoms with E-state index in [0.29, 0.717) is 9.26 Å². The Kier molecular flexibility index (Phi) is 8.12. The summed E-state index contributed by atoms with van der Waals surface area (Å²) in [5.74, 6) is -6.03. The van der Waals surface area contributed by atoms with E-state index in [9.17, 15) is 23.5 Å². The van der Waals surface area contributed by atoms with Crippen LogP contribution in [-0.4, -0.2) is 41.2 Å². The highest BCUT2D eigenvalue weighted by atomic mass is 127. The first-order valence-electron chi connectivity index (χ1n) is 8.29. The molecule has 28 heavy (non-hydrogen) atoms. The average molecular weight is 502 g/mol. The zero-order chi connectivity index (χ0) is 20.7. The number of aromatic nitrogens is 1. The topological polar surface area (TPSA) is 88.8 Å². The van der Waals surface area contributed by atoms with Crippen LogP contribution >= 0.6 is 22.6 Å². The molecule has 1 N–H and O–H groups in total. The monoisotopic (exact) mass is 502 g/mol. The van der Waals surface area contributed by atoms with Crippen molar-refractivity contribution in [2.75, 3.05) is 13.2 Å². The van der Waals surface area contributed by atoms with E-state index in [-0.39, 0.29) is 13.2 Å². The summed E-state index contributed by atoms with van der Waals surface area (Å²) in [5, 5.41) is 10.1. The predicted molar refractivity (Wildman–Crippen MR) is 106 cm³/mol. The molecule has 1 aromatic carbocycles. The van der Waals surface area contributed by atoms with Crippen molar-refractivity contribution in [2.45, 2.75) is 13.0 Å². The van der Waals surface area contributed by atoms with Crippen molar-refractivity contribution in [3.63, 3.8) is 0 Å². The number of aliphatic hydroxyl groups excluding tert-OH is 1. The van der Waals surface area contributed by atoms with Gasteiger partial charge in [-0.05, 0) is 53.8 Å². The third-order valence-corrected chi connectivity index (χ3v) is 4.27. The highest BCUT2D eigenvalue weighted by Crippen LogP contribution is 2.20. The number of hydrogen-bond donors (Lipinski definition) is 1. The third kappa shape index (κ3) is 5.61. The number of carbonyl (C=O) groups is 2. The van der Waals surface area contributed by atoms with Gasteiger partial charge in [0.2, 0.25) is 0 Å². The molecule has 0 saturated heterocycles. The predicted octanol–water partition coefficient (Wildman–Crippen LogP) is 3.13. The molecule has 0 fully saturated rings. The second-order valence-corrected chi connectivity index (χ2v) is 6.87. The van der Waals surface area contributed by atoms with E-state index in [1.165, 1.54) is 6.20 Å². The van der Waals surface area contributed by atoms with Gasteiger partial charge in [-0.25, -0.2) is 8.78 Å². The van der Waals surface area contributed by atoms with Gasteiger partial charge in [0, 0.05) is 16.0 Å². The molecular formula is C19H17F2IN2O4. The Morgan fingerprint density at radius 2 is 2.11 bits per heavy atom. The van der Waals surface area contributed by atoms with Crippen molar-refractivity contribution < 1.29 is 28.2 Å². The van der Waals surface area contributed by atoms with Gasteiger partial charge in [-0.2, -0.15) is 0 Å². The van der Waals surface area contributed by atoms with E-state index >= 15 is 0 Å². The number of benzene rings is 1. The maximum atomic E-state index is 14.1. The normalized spacial score (nSPS) is 13.3. The van der Waals surface area contributed by atoms with Crippen LogP contribution in [0.2, 0.25) is 0 Å². The van der Waals surface area contributed by atoms with Crippen LogP contribution in [0.15, 0.2) is 41.5 Å². The highest BCUT2D eigenvalue weighted by Gasteiger charge is 2.30. The van der Waals surface area contributed by atoms with Crippen molar-refractivity contribution >= 4 is 40.6 Å². The quantitative estimate of drug-likeness (QED) is 0.150. The fourth-order valence-corrected chi connectivity index (χ4v) is 2.89. The molecule has 2 rings (SSSR count). The molecule has 1 aromatic heterocycles. The van der Waals surface area contributed by atoms with Crippen molar-refractivity contribution in [1.29, 1.82) is 0 Å². The first-order valence-corrected chi connectivity index (χ1v) is 9.37. The van der Waals surface area contributed by atoms with Gasteiger partial charge in [-0.3, -0.25) is 19.6 Å². The summed E-state index contributed by atoms with van der Waals surface area (Å²) in [5.41, 5.74) is -0.205. The summed E-state index contributed by atoms with van der Waals surface area (Å²) < 4.78 is 32.8. The molecule has 0 saturated carbocycles. The minimum Gasteiger partial charge on any atom is -0.465 e. The Hall–Kier alpha value is -2.27. The van der Waals surface area contributed by atoms with Crippen LogP contribution in [0.4, 0.5) is 8.78 Å². The van der Waals surface area contributed by atoms with Gasteiger partial charge in [0.15, 0.2) is 23.3 Å². The first kappa shape index (κ1) is 22.0. The van der Waals surface area contributed by atoms with Crippen LogP contribution in [0.3, 0.4) is 0 Å². The average Bonchev–Trinajstić information content (AvgIpc) is 2.68. The second-order valence-electron chi connectivity index (χ2n) is 5.63. The van der Waals surface area contributed by atoms with Gasteiger partial charge in [0.25, 0.3) is 0 Å². The highest BCUT2D eigenvalue weighted by molar-refractivity contribution is 14.1. The molecule has 0 amide bonds. The molecule has 6 nitrogen and oxygen atoms in total. The maximum absolute atomic E-state index is 14.1. The molecular weight excluding hydrogens is 485 g/mol. The lowest BCUT2D eigenvalue weighted by Crippen LogP contribution is -2.29. The molecule has 0 aliphatic carbocycles. The third-order valence-electron chi connectivity index (χ3n) is 3.64. The molecule has 0 spiro atoms. The number of esters is 1. The summed E-state index contributed by atoms with van der Waals surface area (Å²) in [7, 11) is 0.